The van der Waals surface area contributed by atoms with Gasteiger partial charge in [-0.3, -0.25) is 9.69 Å². The van der Waals surface area contributed by atoms with Crippen LogP contribution in [0.4, 0.5) is 0 Å². The maximum atomic E-state index is 12.8. The maximum Gasteiger partial charge on any atom is 0.178 e. The quantitative estimate of drug-likeness (QED) is 0.596. The number of para-hydroxylation sites is 1. The molecule has 0 amide bonds. The molecular weight excluding hydrogens is 354 g/mol. The first-order chi connectivity index (χ1) is 13.1. The number of thiazole rings is 1. The predicted octanol–water partition coefficient (Wildman–Crippen LogP) is 4.80. The molecule has 4 nitrogen and oxygen atoms in total. The van der Waals surface area contributed by atoms with Crippen molar-refractivity contribution in [2.24, 2.45) is 0 Å². The summed E-state index contributed by atoms with van der Waals surface area (Å²) in [4.78, 5) is 20.0. The molecule has 0 unspecified atom stereocenters. The number of aryl methyl sites for hydroxylation is 1. The highest BCUT2D eigenvalue weighted by atomic mass is 32.1. The summed E-state index contributed by atoms with van der Waals surface area (Å²) in [7, 11) is 0. The molecule has 0 saturated carbocycles. The van der Waals surface area contributed by atoms with Crippen LogP contribution in [0, 0.1) is 13.8 Å². The number of carbonyl (C=O) groups is 1. The van der Waals surface area contributed by atoms with Gasteiger partial charge in [0.1, 0.15) is 0 Å². The third-order valence-electron chi connectivity index (χ3n) is 5.80. The molecule has 0 spiro atoms. The van der Waals surface area contributed by atoms with Crippen LogP contribution in [0.2, 0.25) is 0 Å². The predicted molar refractivity (Wildman–Crippen MR) is 112 cm³/mol. The molecule has 2 aromatic heterocycles. The van der Waals surface area contributed by atoms with E-state index in [1.165, 1.54) is 15.4 Å². The van der Waals surface area contributed by atoms with Crippen LogP contribution < -0.4 is 0 Å². The Morgan fingerprint density at radius 2 is 1.96 bits per heavy atom. The Morgan fingerprint density at radius 3 is 2.63 bits per heavy atom. The zero-order chi connectivity index (χ0) is 19.0. The van der Waals surface area contributed by atoms with Gasteiger partial charge in [0.05, 0.1) is 21.8 Å². The number of rotatable bonds is 5. The third kappa shape index (κ3) is 3.58. The van der Waals surface area contributed by atoms with E-state index in [-0.39, 0.29) is 5.78 Å². The summed E-state index contributed by atoms with van der Waals surface area (Å²) in [5.74, 6) is 0.778. The molecule has 0 N–H and O–H groups in total. The van der Waals surface area contributed by atoms with E-state index in [2.05, 4.69) is 60.6 Å². The summed E-state index contributed by atoms with van der Waals surface area (Å²) in [5.41, 5.74) is 4.28. The molecule has 1 aliphatic rings. The molecule has 0 atom stereocenters. The van der Waals surface area contributed by atoms with Crippen molar-refractivity contribution in [2.75, 3.05) is 19.6 Å². The monoisotopic (exact) mass is 381 g/mol. The number of Topliss-reactive ketones (excluding diaryl/α,β-unsaturated/α-hetero) is 1. The van der Waals surface area contributed by atoms with Crippen molar-refractivity contribution in [3.63, 3.8) is 0 Å². The molecule has 3 heterocycles. The Hall–Kier alpha value is -1.98. The van der Waals surface area contributed by atoms with Crippen LogP contribution >= 0.6 is 11.3 Å². The number of likely N-dealkylation sites (tertiary alicyclic amines) is 1. The SMILES string of the molecule is CCn1c(C)cc(C(=O)CN2CCC(c3nc4ccccc4s3)CC2)c1C. The molecule has 0 aliphatic carbocycles. The lowest BCUT2D eigenvalue weighted by Crippen LogP contribution is -2.36. The number of hydrogen-bond acceptors (Lipinski definition) is 4. The maximum absolute atomic E-state index is 12.8. The topological polar surface area (TPSA) is 38.1 Å². The standard InChI is InChI=1S/C22H27N3OS/c1-4-25-15(2)13-18(16(25)3)20(26)14-24-11-9-17(10-12-24)22-23-19-7-5-6-8-21(19)27-22/h5-8,13,17H,4,9-12,14H2,1-3H3. The second-order valence-electron chi connectivity index (χ2n) is 7.52. The number of benzene rings is 1. The summed E-state index contributed by atoms with van der Waals surface area (Å²) in [5, 5.41) is 1.26. The van der Waals surface area contributed by atoms with E-state index in [0.717, 1.165) is 49.2 Å². The largest absolute Gasteiger partial charge is 0.349 e. The fourth-order valence-corrected chi connectivity index (χ4v) is 5.40. The van der Waals surface area contributed by atoms with Crippen LogP contribution in [0.15, 0.2) is 30.3 Å². The van der Waals surface area contributed by atoms with Crippen LogP contribution in [0.1, 0.15) is 52.4 Å². The zero-order valence-electron chi connectivity index (χ0n) is 16.4. The normalized spacial score (nSPS) is 16.3. The Morgan fingerprint density at radius 1 is 1.22 bits per heavy atom. The molecule has 1 fully saturated rings. The van der Waals surface area contributed by atoms with Gasteiger partial charge in [0.2, 0.25) is 0 Å². The lowest BCUT2D eigenvalue weighted by atomic mass is 9.97. The van der Waals surface area contributed by atoms with Crippen molar-refractivity contribution < 1.29 is 4.79 Å². The fraction of sp³-hybridized carbons (Fsp3) is 0.455. The first-order valence-corrected chi connectivity index (χ1v) is 10.7. The average molecular weight is 382 g/mol. The van der Waals surface area contributed by atoms with E-state index >= 15 is 0 Å². The van der Waals surface area contributed by atoms with Crippen molar-refractivity contribution in [3.05, 3.63) is 52.3 Å². The number of fused-ring (bicyclic) bond motifs is 1. The first kappa shape index (κ1) is 18.4. The van der Waals surface area contributed by atoms with Gasteiger partial charge in [-0.25, -0.2) is 4.98 Å². The van der Waals surface area contributed by atoms with Gasteiger partial charge in [-0.2, -0.15) is 0 Å². The van der Waals surface area contributed by atoms with Crippen molar-refractivity contribution in [3.8, 4) is 0 Å². The van der Waals surface area contributed by atoms with E-state index in [1.807, 2.05) is 11.3 Å². The summed E-state index contributed by atoms with van der Waals surface area (Å²) in [6, 6.07) is 10.4. The van der Waals surface area contributed by atoms with Gasteiger partial charge < -0.3 is 4.57 Å². The van der Waals surface area contributed by atoms with Gasteiger partial charge in [-0.15, -0.1) is 11.3 Å². The summed E-state index contributed by atoms with van der Waals surface area (Å²) in [6.07, 6.45) is 2.17. The molecule has 1 aromatic carbocycles. The number of ketones is 1. The molecular formula is C22H27N3OS. The highest BCUT2D eigenvalue weighted by Crippen LogP contribution is 2.33. The molecule has 0 bridgehead atoms. The molecule has 142 valence electrons. The van der Waals surface area contributed by atoms with Crippen molar-refractivity contribution in [1.29, 1.82) is 0 Å². The highest BCUT2D eigenvalue weighted by Gasteiger charge is 2.25. The highest BCUT2D eigenvalue weighted by molar-refractivity contribution is 7.18. The van der Waals surface area contributed by atoms with E-state index < -0.39 is 0 Å². The van der Waals surface area contributed by atoms with Crippen molar-refractivity contribution in [2.45, 2.75) is 46.1 Å². The summed E-state index contributed by atoms with van der Waals surface area (Å²) >= 11 is 1.83. The smallest absolute Gasteiger partial charge is 0.178 e. The van der Waals surface area contributed by atoms with Gasteiger partial charge in [-0.1, -0.05) is 12.1 Å². The Bertz CT molecular complexity index is 930. The van der Waals surface area contributed by atoms with Gasteiger partial charge in [-0.05, 0) is 64.9 Å². The van der Waals surface area contributed by atoms with Gasteiger partial charge >= 0.3 is 0 Å². The molecule has 1 aliphatic heterocycles. The Balaban J connectivity index is 1.38. The molecule has 4 rings (SSSR count). The number of nitrogens with zero attached hydrogens (tertiary/aromatic N) is 3. The van der Waals surface area contributed by atoms with Crippen LogP contribution in [0.5, 0.6) is 0 Å². The first-order valence-electron chi connectivity index (χ1n) is 9.84. The van der Waals surface area contributed by atoms with Crippen LogP contribution in [0.25, 0.3) is 10.2 Å². The second-order valence-corrected chi connectivity index (χ2v) is 8.58. The van der Waals surface area contributed by atoms with Crippen LogP contribution in [-0.2, 0) is 6.54 Å². The van der Waals surface area contributed by atoms with E-state index in [0.29, 0.717) is 12.5 Å². The van der Waals surface area contributed by atoms with Crippen molar-refractivity contribution in [1.82, 2.24) is 14.5 Å². The number of carbonyl (C=O) groups excluding carboxylic acids is 1. The molecule has 1 saturated heterocycles. The number of piperidine rings is 1. The van der Waals surface area contributed by atoms with E-state index in [1.54, 1.807) is 0 Å². The molecule has 27 heavy (non-hydrogen) atoms. The average Bonchev–Trinajstić information content (AvgIpc) is 3.23. The zero-order valence-corrected chi connectivity index (χ0v) is 17.2. The van der Waals surface area contributed by atoms with Gasteiger partial charge in [0, 0.05) is 29.4 Å². The fourth-order valence-electron chi connectivity index (χ4n) is 4.26. The van der Waals surface area contributed by atoms with Crippen molar-refractivity contribution >= 4 is 27.3 Å². The second kappa shape index (κ2) is 7.56. The Kier molecular flexibility index (Phi) is 5.15. The molecule has 0 radical (unpaired) electrons. The van der Waals surface area contributed by atoms with Crippen LogP contribution in [0.3, 0.4) is 0 Å². The number of aromatic nitrogens is 2. The minimum atomic E-state index is 0.251. The lowest BCUT2D eigenvalue weighted by Gasteiger charge is -2.30. The summed E-state index contributed by atoms with van der Waals surface area (Å²) in [6.45, 7) is 9.65. The Labute approximate surface area is 164 Å². The van der Waals surface area contributed by atoms with Crippen LogP contribution in [-0.4, -0.2) is 39.9 Å². The summed E-state index contributed by atoms with van der Waals surface area (Å²) < 4.78 is 3.49. The van der Waals surface area contributed by atoms with Gasteiger partial charge in [0.25, 0.3) is 0 Å². The van der Waals surface area contributed by atoms with E-state index in [9.17, 15) is 4.79 Å². The van der Waals surface area contributed by atoms with E-state index in [4.69, 9.17) is 4.98 Å². The lowest BCUT2D eigenvalue weighted by molar-refractivity contribution is 0.0908. The molecule has 3 aromatic rings. The minimum Gasteiger partial charge on any atom is -0.349 e. The number of hydrogen-bond donors (Lipinski definition) is 0. The molecule has 5 heteroatoms. The van der Waals surface area contributed by atoms with Gasteiger partial charge in [0.15, 0.2) is 5.78 Å². The minimum absolute atomic E-state index is 0.251. The third-order valence-corrected chi connectivity index (χ3v) is 7.00.